The molecule has 1 saturated heterocycles. The normalized spacial score (nSPS) is 26.3. The number of likely N-dealkylation sites (tertiary alicyclic amines) is 1. The number of hydrogen-bond donors (Lipinski definition) is 2. The van der Waals surface area contributed by atoms with Gasteiger partial charge in [0.1, 0.15) is 0 Å². The minimum Gasteiger partial charge on any atom is -0.354 e. The summed E-state index contributed by atoms with van der Waals surface area (Å²) in [5.74, 6) is -0.00568. The van der Waals surface area contributed by atoms with Crippen LogP contribution in [0.1, 0.15) is 25.7 Å². The molecule has 0 aromatic rings. The van der Waals surface area contributed by atoms with Gasteiger partial charge >= 0.3 is 6.18 Å². The molecule has 3 N–H and O–H groups in total. The summed E-state index contributed by atoms with van der Waals surface area (Å²) in [6, 6.07) is -0.0196. The highest BCUT2D eigenvalue weighted by molar-refractivity contribution is 5.79. The van der Waals surface area contributed by atoms with Crippen molar-refractivity contribution in [1.29, 1.82) is 0 Å². The molecule has 2 rings (SSSR count). The van der Waals surface area contributed by atoms with E-state index in [-0.39, 0.29) is 24.4 Å². The lowest BCUT2D eigenvalue weighted by atomic mass is 9.97. The Morgan fingerprint density at radius 1 is 1.35 bits per heavy atom. The van der Waals surface area contributed by atoms with E-state index in [2.05, 4.69) is 5.32 Å². The van der Waals surface area contributed by atoms with Crippen LogP contribution in [0.3, 0.4) is 0 Å². The van der Waals surface area contributed by atoms with Crippen molar-refractivity contribution >= 4 is 5.91 Å². The maximum Gasteiger partial charge on any atom is 0.401 e. The van der Waals surface area contributed by atoms with E-state index >= 15 is 0 Å². The SMILES string of the molecule is NC(CNC(=O)C1CCCN(CC(F)(F)F)C1)C1CC1. The highest BCUT2D eigenvalue weighted by atomic mass is 19.4. The molecule has 2 unspecified atom stereocenters. The first-order valence-electron chi connectivity index (χ1n) is 7.17. The third-order valence-corrected chi connectivity index (χ3v) is 4.02. The molecular formula is C13H22F3N3O. The number of nitrogens with two attached hydrogens (primary N) is 1. The maximum absolute atomic E-state index is 12.4. The van der Waals surface area contributed by atoms with Gasteiger partial charge in [0.2, 0.25) is 5.91 Å². The summed E-state index contributed by atoms with van der Waals surface area (Å²) in [7, 11) is 0. The molecule has 2 atom stereocenters. The summed E-state index contributed by atoms with van der Waals surface area (Å²) in [6.45, 7) is 0.0898. The van der Waals surface area contributed by atoms with E-state index in [4.69, 9.17) is 5.73 Å². The molecule has 0 aromatic carbocycles. The first-order chi connectivity index (χ1) is 9.35. The number of halogens is 3. The average molecular weight is 293 g/mol. The number of carbonyl (C=O) groups excluding carboxylic acids is 1. The predicted octanol–water partition coefficient (Wildman–Crippen LogP) is 1.11. The number of carbonyl (C=O) groups is 1. The molecule has 20 heavy (non-hydrogen) atoms. The lowest BCUT2D eigenvalue weighted by molar-refractivity contribution is -0.152. The van der Waals surface area contributed by atoms with Crippen molar-refractivity contribution in [2.24, 2.45) is 17.6 Å². The van der Waals surface area contributed by atoms with Crippen LogP contribution >= 0.6 is 0 Å². The number of hydrogen-bond acceptors (Lipinski definition) is 3. The fourth-order valence-corrected chi connectivity index (χ4v) is 2.72. The zero-order valence-electron chi connectivity index (χ0n) is 11.5. The topological polar surface area (TPSA) is 58.4 Å². The second kappa shape index (κ2) is 6.30. The monoisotopic (exact) mass is 293 g/mol. The number of rotatable bonds is 5. The zero-order valence-corrected chi connectivity index (χ0v) is 11.5. The number of amides is 1. The summed E-state index contributed by atoms with van der Waals surface area (Å²) < 4.78 is 37.1. The van der Waals surface area contributed by atoms with Crippen molar-refractivity contribution in [2.45, 2.75) is 37.9 Å². The second-order valence-electron chi connectivity index (χ2n) is 5.94. The van der Waals surface area contributed by atoms with E-state index < -0.39 is 12.7 Å². The van der Waals surface area contributed by atoms with Gasteiger partial charge in [-0.05, 0) is 38.1 Å². The number of nitrogens with one attached hydrogen (secondary N) is 1. The van der Waals surface area contributed by atoms with Crippen LogP contribution < -0.4 is 11.1 Å². The van der Waals surface area contributed by atoms with Crippen molar-refractivity contribution in [2.75, 3.05) is 26.2 Å². The van der Waals surface area contributed by atoms with Gasteiger partial charge in [-0.3, -0.25) is 9.69 Å². The number of nitrogens with zero attached hydrogens (tertiary/aromatic N) is 1. The van der Waals surface area contributed by atoms with Crippen molar-refractivity contribution in [1.82, 2.24) is 10.2 Å². The Morgan fingerprint density at radius 3 is 2.65 bits per heavy atom. The Labute approximate surface area is 116 Å². The third kappa shape index (κ3) is 4.94. The van der Waals surface area contributed by atoms with E-state index in [0.29, 0.717) is 31.8 Å². The minimum absolute atomic E-state index is 0.0196. The Kier molecular flexibility index (Phi) is 4.90. The number of piperidine rings is 1. The van der Waals surface area contributed by atoms with Gasteiger partial charge in [-0.15, -0.1) is 0 Å². The molecule has 1 amide bonds. The van der Waals surface area contributed by atoms with Crippen LogP contribution in [0.25, 0.3) is 0 Å². The number of alkyl halides is 3. The van der Waals surface area contributed by atoms with Crippen LogP contribution in [0.2, 0.25) is 0 Å². The fourth-order valence-electron chi connectivity index (χ4n) is 2.72. The largest absolute Gasteiger partial charge is 0.401 e. The minimum atomic E-state index is -4.20. The van der Waals surface area contributed by atoms with Crippen molar-refractivity contribution in [3.05, 3.63) is 0 Å². The lowest BCUT2D eigenvalue weighted by Gasteiger charge is -2.32. The van der Waals surface area contributed by atoms with Gasteiger partial charge in [-0.1, -0.05) is 0 Å². The maximum atomic E-state index is 12.4. The first kappa shape index (κ1) is 15.6. The van der Waals surface area contributed by atoms with Gasteiger partial charge < -0.3 is 11.1 Å². The van der Waals surface area contributed by atoms with E-state index in [9.17, 15) is 18.0 Å². The molecule has 1 saturated carbocycles. The van der Waals surface area contributed by atoms with E-state index in [1.54, 1.807) is 0 Å². The summed E-state index contributed by atoms with van der Waals surface area (Å²) in [6.07, 6.45) is -0.700. The highest BCUT2D eigenvalue weighted by Crippen LogP contribution is 2.31. The van der Waals surface area contributed by atoms with Crippen molar-refractivity contribution in [3.63, 3.8) is 0 Å². The van der Waals surface area contributed by atoms with Gasteiger partial charge in [0.05, 0.1) is 12.5 Å². The zero-order chi connectivity index (χ0) is 14.8. The molecule has 2 aliphatic rings. The quantitative estimate of drug-likeness (QED) is 0.798. The van der Waals surface area contributed by atoms with Gasteiger partial charge in [-0.2, -0.15) is 13.2 Å². The van der Waals surface area contributed by atoms with Crippen LogP contribution in [-0.4, -0.2) is 49.2 Å². The van der Waals surface area contributed by atoms with Crippen LogP contribution in [0.15, 0.2) is 0 Å². The first-order valence-corrected chi connectivity index (χ1v) is 7.17. The highest BCUT2D eigenvalue weighted by Gasteiger charge is 2.35. The molecule has 7 heteroatoms. The lowest BCUT2D eigenvalue weighted by Crippen LogP contribution is -2.48. The fraction of sp³-hybridized carbons (Fsp3) is 0.923. The van der Waals surface area contributed by atoms with Crippen LogP contribution in [0, 0.1) is 11.8 Å². The molecule has 1 heterocycles. The Bertz CT molecular complexity index is 344. The van der Waals surface area contributed by atoms with Gasteiger partial charge in [0.25, 0.3) is 0 Å². The van der Waals surface area contributed by atoms with Crippen LogP contribution in [0.4, 0.5) is 13.2 Å². The van der Waals surface area contributed by atoms with Gasteiger partial charge in [-0.25, -0.2) is 0 Å². The third-order valence-electron chi connectivity index (χ3n) is 4.02. The summed E-state index contributed by atoms with van der Waals surface area (Å²) in [5, 5.41) is 2.79. The standard InChI is InChI=1S/C13H22F3N3O/c14-13(15,16)8-19-5-1-2-10(7-19)12(20)18-6-11(17)9-3-4-9/h9-11H,1-8,17H2,(H,18,20). The molecule has 116 valence electrons. The van der Waals surface area contributed by atoms with Crippen molar-refractivity contribution in [3.8, 4) is 0 Å². The Morgan fingerprint density at radius 2 is 2.05 bits per heavy atom. The Balaban J connectivity index is 1.74. The summed E-state index contributed by atoms with van der Waals surface area (Å²) in [4.78, 5) is 13.3. The molecule has 0 aromatic heterocycles. The van der Waals surface area contributed by atoms with Gasteiger partial charge in [0, 0.05) is 19.1 Å². The van der Waals surface area contributed by atoms with E-state index in [1.165, 1.54) is 4.90 Å². The predicted molar refractivity (Wildman–Crippen MR) is 68.9 cm³/mol. The molecule has 1 aliphatic carbocycles. The van der Waals surface area contributed by atoms with Crippen LogP contribution in [0.5, 0.6) is 0 Å². The molecule has 4 nitrogen and oxygen atoms in total. The molecular weight excluding hydrogens is 271 g/mol. The van der Waals surface area contributed by atoms with E-state index in [0.717, 1.165) is 12.8 Å². The molecule has 1 aliphatic heterocycles. The summed E-state index contributed by atoms with van der Waals surface area (Å²) >= 11 is 0. The van der Waals surface area contributed by atoms with Crippen LogP contribution in [-0.2, 0) is 4.79 Å². The Hall–Kier alpha value is -0.820. The average Bonchev–Trinajstić information content (AvgIpc) is 3.18. The summed E-state index contributed by atoms with van der Waals surface area (Å²) in [5.41, 5.74) is 5.89. The molecule has 0 bridgehead atoms. The van der Waals surface area contributed by atoms with Crippen molar-refractivity contribution < 1.29 is 18.0 Å². The molecule has 0 radical (unpaired) electrons. The second-order valence-corrected chi connectivity index (χ2v) is 5.94. The van der Waals surface area contributed by atoms with E-state index in [1.807, 2.05) is 0 Å². The molecule has 0 spiro atoms. The smallest absolute Gasteiger partial charge is 0.354 e. The molecule has 2 fully saturated rings. The van der Waals surface area contributed by atoms with Gasteiger partial charge in [0.15, 0.2) is 0 Å².